The topological polar surface area (TPSA) is 55.0 Å². The van der Waals surface area contributed by atoms with Crippen LogP contribution in [0.4, 0.5) is 0 Å². The Morgan fingerprint density at radius 1 is 1.30 bits per heavy atom. The Hall–Kier alpha value is -2.10. The number of pyridine rings is 2. The number of hydrogen-bond donors (Lipinski definition) is 1. The van der Waals surface area contributed by atoms with Gasteiger partial charge in [0.15, 0.2) is 11.3 Å². The van der Waals surface area contributed by atoms with Crippen molar-refractivity contribution < 1.29 is 4.74 Å². The highest BCUT2D eigenvalue weighted by atomic mass is 16.5. The number of nitrogens with one attached hydrogen (secondary N) is 1. The highest BCUT2D eigenvalue weighted by Crippen LogP contribution is 2.19. The molecule has 2 aromatic rings. The van der Waals surface area contributed by atoms with Gasteiger partial charge in [-0.25, -0.2) is 0 Å². The van der Waals surface area contributed by atoms with Crippen LogP contribution in [0.5, 0.6) is 5.88 Å². The van der Waals surface area contributed by atoms with Crippen molar-refractivity contribution in [1.29, 1.82) is 0 Å². The van der Waals surface area contributed by atoms with Crippen LogP contribution < -0.4 is 10.2 Å². The van der Waals surface area contributed by atoms with Crippen molar-refractivity contribution >= 4 is 0 Å². The summed E-state index contributed by atoms with van der Waals surface area (Å²) in [5.74, 6) is 0.541. The lowest BCUT2D eigenvalue weighted by molar-refractivity contribution is 0.287. The fraction of sp³-hybridized carbons (Fsp3) is 0.375. The zero-order chi connectivity index (χ0) is 13.9. The Labute approximate surface area is 117 Å². The molecule has 1 aliphatic carbocycles. The quantitative estimate of drug-likeness (QED) is 0.932. The molecule has 4 nitrogen and oxygen atoms in total. The Morgan fingerprint density at radius 3 is 3.00 bits per heavy atom. The molecule has 3 rings (SSSR count). The molecule has 0 bridgehead atoms. The van der Waals surface area contributed by atoms with Crippen molar-refractivity contribution in [2.45, 2.75) is 39.2 Å². The molecule has 2 aromatic heterocycles. The minimum Gasteiger partial charge on any atom is -0.472 e. The van der Waals surface area contributed by atoms with E-state index >= 15 is 0 Å². The predicted octanol–water partition coefficient (Wildman–Crippen LogP) is 2.54. The largest absolute Gasteiger partial charge is 0.472 e. The second-order valence-electron chi connectivity index (χ2n) is 5.22. The number of nitrogens with zero attached hydrogens (tertiary/aromatic N) is 1. The second-order valence-corrected chi connectivity index (χ2v) is 5.22. The van der Waals surface area contributed by atoms with Crippen LogP contribution in [0.1, 0.15) is 35.5 Å². The Morgan fingerprint density at radius 2 is 2.15 bits per heavy atom. The molecule has 0 fully saturated rings. The average Bonchev–Trinajstić information content (AvgIpc) is 2.45. The van der Waals surface area contributed by atoms with E-state index in [4.69, 9.17) is 4.74 Å². The van der Waals surface area contributed by atoms with Gasteiger partial charge in [-0.15, -0.1) is 0 Å². The maximum Gasteiger partial charge on any atom is 0.195 e. The first kappa shape index (κ1) is 12.9. The molecule has 0 radical (unpaired) electrons. The third kappa shape index (κ3) is 2.74. The van der Waals surface area contributed by atoms with E-state index in [1.54, 1.807) is 6.07 Å². The summed E-state index contributed by atoms with van der Waals surface area (Å²) >= 11 is 0. The van der Waals surface area contributed by atoms with Gasteiger partial charge in [0.25, 0.3) is 0 Å². The van der Waals surface area contributed by atoms with Crippen molar-refractivity contribution in [2.24, 2.45) is 0 Å². The third-order valence-corrected chi connectivity index (χ3v) is 3.62. The molecule has 0 saturated carbocycles. The van der Waals surface area contributed by atoms with Crippen molar-refractivity contribution in [3.63, 3.8) is 0 Å². The van der Waals surface area contributed by atoms with Crippen LogP contribution in [0.15, 0.2) is 29.1 Å². The van der Waals surface area contributed by atoms with E-state index in [0.717, 1.165) is 48.3 Å². The number of rotatable bonds is 3. The molecule has 4 heteroatoms. The summed E-state index contributed by atoms with van der Waals surface area (Å²) in [7, 11) is 0. The Balaban J connectivity index is 1.78. The highest BCUT2D eigenvalue weighted by molar-refractivity contribution is 5.28. The van der Waals surface area contributed by atoms with Crippen molar-refractivity contribution in [2.75, 3.05) is 0 Å². The molecule has 1 N–H and O–H groups in total. The lowest BCUT2D eigenvalue weighted by Crippen LogP contribution is -2.18. The first-order valence-electron chi connectivity index (χ1n) is 7.03. The third-order valence-electron chi connectivity index (χ3n) is 3.62. The minimum absolute atomic E-state index is 0.0886. The average molecular weight is 270 g/mol. The van der Waals surface area contributed by atoms with Gasteiger partial charge < -0.3 is 9.72 Å². The summed E-state index contributed by atoms with van der Waals surface area (Å²) in [6, 6.07) is 7.38. The standard InChI is InChI=1S/C16H18N2O2/c1-11-5-4-6-12(17-11)10-20-16-9-15(19)13-7-2-3-8-14(13)18-16/h4-6,9H,2-3,7-8,10H2,1H3,(H,18,19). The zero-order valence-electron chi connectivity index (χ0n) is 11.6. The SMILES string of the molecule is Cc1cccc(COc2cc(=O)c3c([nH]2)CCCC3)n1. The second kappa shape index (κ2) is 5.49. The smallest absolute Gasteiger partial charge is 0.195 e. The molecular formula is C16H18N2O2. The van der Waals surface area contributed by atoms with E-state index in [1.807, 2.05) is 25.1 Å². The van der Waals surface area contributed by atoms with E-state index in [-0.39, 0.29) is 5.43 Å². The van der Waals surface area contributed by atoms with Gasteiger partial charge in [0.1, 0.15) is 6.61 Å². The van der Waals surface area contributed by atoms with Crippen molar-refractivity contribution in [3.8, 4) is 5.88 Å². The van der Waals surface area contributed by atoms with Gasteiger partial charge in [-0.05, 0) is 44.7 Å². The van der Waals surface area contributed by atoms with Crippen LogP contribution >= 0.6 is 0 Å². The van der Waals surface area contributed by atoms with Gasteiger partial charge in [-0.1, -0.05) is 6.07 Å². The molecule has 0 saturated heterocycles. The first-order valence-corrected chi connectivity index (χ1v) is 7.03. The van der Waals surface area contributed by atoms with Gasteiger partial charge in [-0.3, -0.25) is 9.78 Å². The molecule has 0 aliphatic heterocycles. The van der Waals surface area contributed by atoms with Crippen LogP contribution in [-0.2, 0) is 19.4 Å². The summed E-state index contributed by atoms with van der Waals surface area (Å²) in [4.78, 5) is 19.7. The highest BCUT2D eigenvalue weighted by Gasteiger charge is 2.14. The maximum atomic E-state index is 12.0. The van der Waals surface area contributed by atoms with E-state index < -0.39 is 0 Å². The number of aromatic amines is 1. The number of aryl methyl sites for hydroxylation is 2. The fourth-order valence-corrected chi connectivity index (χ4v) is 2.62. The van der Waals surface area contributed by atoms with E-state index in [2.05, 4.69) is 9.97 Å². The number of ether oxygens (including phenoxy) is 1. The molecule has 20 heavy (non-hydrogen) atoms. The number of fused-ring (bicyclic) bond motifs is 1. The molecule has 1 aliphatic rings. The summed E-state index contributed by atoms with van der Waals surface area (Å²) in [5, 5.41) is 0. The Kier molecular flexibility index (Phi) is 3.54. The molecule has 0 amide bonds. The number of hydrogen-bond acceptors (Lipinski definition) is 3. The van der Waals surface area contributed by atoms with Gasteiger partial charge in [0.05, 0.1) is 5.69 Å². The van der Waals surface area contributed by atoms with E-state index in [0.29, 0.717) is 12.5 Å². The normalized spacial score (nSPS) is 13.8. The minimum atomic E-state index is 0.0886. The van der Waals surface area contributed by atoms with E-state index in [1.165, 1.54) is 0 Å². The monoisotopic (exact) mass is 270 g/mol. The van der Waals surface area contributed by atoms with Gasteiger partial charge in [0, 0.05) is 23.0 Å². The summed E-state index contributed by atoms with van der Waals surface area (Å²) in [6.07, 6.45) is 4.05. The van der Waals surface area contributed by atoms with Crippen LogP contribution in [0.2, 0.25) is 0 Å². The van der Waals surface area contributed by atoms with Crippen LogP contribution in [0.3, 0.4) is 0 Å². The first-order chi connectivity index (χ1) is 9.72. The fourth-order valence-electron chi connectivity index (χ4n) is 2.62. The van der Waals surface area contributed by atoms with Gasteiger partial charge in [0.2, 0.25) is 0 Å². The van der Waals surface area contributed by atoms with Gasteiger partial charge in [-0.2, -0.15) is 0 Å². The number of aromatic nitrogens is 2. The molecule has 104 valence electrons. The van der Waals surface area contributed by atoms with Crippen LogP contribution in [-0.4, -0.2) is 9.97 Å². The zero-order valence-corrected chi connectivity index (χ0v) is 11.6. The van der Waals surface area contributed by atoms with Crippen LogP contribution in [0.25, 0.3) is 0 Å². The molecule has 0 atom stereocenters. The van der Waals surface area contributed by atoms with Gasteiger partial charge >= 0.3 is 0 Å². The van der Waals surface area contributed by atoms with E-state index in [9.17, 15) is 4.79 Å². The molecule has 2 heterocycles. The molecule has 0 aromatic carbocycles. The lowest BCUT2D eigenvalue weighted by atomic mass is 9.96. The molecule has 0 spiro atoms. The molecular weight excluding hydrogens is 252 g/mol. The van der Waals surface area contributed by atoms with Crippen molar-refractivity contribution in [3.05, 3.63) is 57.1 Å². The summed E-state index contributed by atoms with van der Waals surface area (Å²) in [5.41, 5.74) is 3.88. The number of H-pyrrole nitrogens is 1. The predicted molar refractivity (Wildman–Crippen MR) is 77.0 cm³/mol. The summed E-state index contributed by atoms with van der Waals surface area (Å²) < 4.78 is 5.68. The lowest BCUT2D eigenvalue weighted by Gasteiger charge is -2.16. The Bertz CT molecular complexity index is 676. The van der Waals surface area contributed by atoms with Crippen molar-refractivity contribution in [1.82, 2.24) is 9.97 Å². The summed E-state index contributed by atoms with van der Waals surface area (Å²) in [6.45, 7) is 2.32. The maximum absolute atomic E-state index is 12.0. The molecule has 0 unspecified atom stereocenters. The van der Waals surface area contributed by atoms with Crippen LogP contribution in [0, 0.1) is 6.92 Å².